The topological polar surface area (TPSA) is 101 Å². The molecule has 2 N–H and O–H groups in total. The van der Waals surface area contributed by atoms with Crippen molar-refractivity contribution in [3.63, 3.8) is 0 Å². The zero-order chi connectivity index (χ0) is 18.0. The Morgan fingerprint density at radius 3 is 2.20 bits per heavy atom. The molecule has 2 fully saturated rings. The van der Waals surface area contributed by atoms with Crippen molar-refractivity contribution in [3.8, 4) is 0 Å². The monoisotopic (exact) mass is 348 g/mol. The highest BCUT2D eigenvalue weighted by molar-refractivity contribution is 5.71. The fourth-order valence-corrected chi connectivity index (χ4v) is 4.09. The zero-order valence-corrected chi connectivity index (χ0v) is 15.1. The minimum Gasteiger partial charge on any atom is -0.378 e. The second-order valence-electron chi connectivity index (χ2n) is 7.59. The van der Waals surface area contributed by atoms with Crippen molar-refractivity contribution in [2.24, 2.45) is 11.8 Å². The molecule has 0 saturated carbocycles. The van der Waals surface area contributed by atoms with Gasteiger partial charge < -0.3 is 15.5 Å². The molecule has 2 aliphatic rings. The summed E-state index contributed by atoms with van der Waals surface area (Å²) >= 11 is 0. The molecule has 0 spiro atoms. The fourth-order valence-electron chi connectivity index (χ4n) is 4.09. The van der Waals surface area contributed by atoms with Crippen molar-refractivity contribution in [1.29, 1.82) is 0 Å². The van der Waals surface area contributed by atoms with Crippen molar-refractivity contribution in [1.82, 2.24) is 9.97 Å². The van der Waals surface area contributed by atoms with Gasteiger partial charge in [0.1, 0.15) is 0 Å². The summed E-state index contributed by atoms with van der Waals surface area (Å²) in [5, 5.41) is 11.6. The summed E-state index contributed by atoms with van der Waals surface area (Å²) in [6.45, 7) is 7.64. The predicted octanol–water partition coefficient (Wildman–Crippen LogP) is 2.83. The van der Waals surface area contributed by atoms with E-state index in [9.17, 15) is 10.1 Å². The van der Waals surface area contributed by atoms with Gasteiger partial charge in [-0.1, -0.05) is 26.7 Å². The highest BCUT2D eigenvalue weighted by Crippen LogP contribution is 2.36. The van der Waals surface area contributed by atoms with Gasteiger partial charge in [0.15, 0.2) is 0 Å². The summed E-state index contributed by atoms with van der Waals surface area (Å²) in [5.41, 5.74) is 5.85. The summed E-state index contributed by atoms with van der Waals surface area (Å²) < 4.78 is 0. The third-order valence-electron chi connectivity index (χ3n) is 5.12. The van der Waals surface area contributed by atoms with E-state index in [1.807, 2.05) is 4.90 Å². The molecule has 3 heterocycles. The number of hydrogen-bond acceptors (Lipinski definition) is 7. The van der Waals surface area contributed by atoms with Crippen LogP contribution in [0.15, 0.2) is 0 Å². The molecule has 2 saturated heterocycles. The molecule has 8 nitrogen and oxygen atoms in total. The number of nitrogens with two attached hydrogens (primary N) is 1. The van der Waals surface area contributed by atoms with Crippen molar-refractivity contribution < 1.29 is 4.92 Å². The molecule has 138 valence electrons. The smallest absolute Gasteiger partial charge is 0.353 e. The Kier molecular flexibility index (Phi) is 5.24. The lowest BCUT2D eigenvalue weighted by Crippen LogP contribution is -2.40. The van der Waals surface area contributed by atoms with Crippen LogP contribution in [0.1, 0.15) is 46.0 Å². The van der Waals surface area contributed by atoms with Crippen LogP contribution in [0.3, 0.4) is 0 Å². The molecule has 0 aromatic carbocycles. The highest BCUT2D eigenvalue weighted by atomic mass is 16.6. The molecule has 1 aromatic rings. The Balaban J connectivity index is 1.99. The first-order valence-electron chi connectivity index (χ1n) is 9.27. The van der Waals surface area contributed by atoms with Gasteiger partial charge in [-0.3, -0.25) is 10.1 Å². The van der Waals surface area contributed by atoms with Crippen LogP contribution in [0.4, 0.5) is 23.3 Å². The van der Waals surface area contributed by atoms with Crippen LogP contribution in [0.25, 0.3) is 0 Å². The normalized spacial score (nSPS) is 24.9. The van der Waals surface area contributed by atoms with Crippen LogP contribution in [0, 0.1) is 22.0 Å². The maximum absolute atomic E-state index is 11.6. The van der Waals surface area contributed by atoms with Crippen molar-refractivity contribution in [3.05, 3.63) is 10.1 Å². The van der Waals surface area contributed by atoms with Gasteiger partial charge in [0.25, 0.3) is 0 Å². The SMILES string of the molecule is CC1CC(C)CN(c2nc(N3CCCCCC3)nc(N)c2[N+](=O)[O-])C1. The number of aromatic nitrogens is 2. The van der Waals surface area contributed by atoms with Crippen LogP contribution in [-0.4, -0.2) is 41.1 Å². The minimum atomic E-state index is -0.444. The Hall–Kier alpha value is -2.12. The molecular weight excluding hydrogens is 320 g/mol. The number of nitrogens with zero attached hydrogens (tertiary/aromatic N) is 5. The molecule has 25 heavy (non-hydrogen) atoms. The van der Waals surface area contributed by atoms with Gasteiger partial charge >= 0.3 is 5.69 Å². The molecule has 1 aromatic heterocycles. The van der Waals surface area contributed by atoms with E-state index in [1.165, 1.54) is 12.8 Å². The van der Waals surface area contributed by atoms with Crippen LogP contribution in [0.5, 0.6) is 0 Å². The second-order valence-corrected chi connectivity index (χ2v) is 7.59. The number of anilines is 3. The maximum Gasteiger partial charge on any atom is 0.353 e. The Bertz CT molecular complexity index is 620. The molecular formula is C17H28N6O2. The van der Waals surface area contributed by atoms with E-state index >= 15 is 0 Å². The van der Waals surface area contributed by atoms with Crippen LogP contribution >= 0.6 is 0 Å². The first-order chi connectivity index (χ1) is 12.0. The Morgan fingerprint density at radius 1 is 1.04 bits per heavy atom. The molecule has 0 bridgehead atoms. The first-order valence-corrected chi connectivity index (χ1v) is 9.27. The van der Waals surface area contributed by atoms with Gasteiger partial charge in [0, 0.05) is 26.2 Å². The number of nitrogen functional groups attached to an aromatic ring is 1. The molecule has 2 aliphatic heterocycles. The molecule has 0 aliphatic carbocycles. The van der Waals surface area contributed by atoms with Gasteiger partial charge in [0.05, 0.1) is 4.92 Å². The average molecular weight is 348 g/mol. The summed E-state index contributed by atoms with van der Waals surface area (Å²) in [6.07, 6.45) is 5.71. The average Bonchev–Trinajstić information content (AvgIpc) is 2.82. The van der Waals surface area contributed by atoms with Crippen LogP contribution < -0.4 is 15.5 Å². The largest absolute Gasteiger partial charge is 0.378 e. The number of hydrogen-bond donors (Lipinski definition) is 1. The van der Waals surface area contributed by atoms with Gasteiger partial charge in [0.2, 0.25) is 17.6 Å². The predicted molar refractivity (Wildman–Crippen MR) is 98.9 cm³/mol. The lowest BCUT2D eigenvalue weighted by molar-refractivity contribution is -0.383. The van der Waals surface area contributed by atoms with Crippen molar-refractivity contribution in [2.75, 3.05) is 41.7 Å². The Labute approximate surface area is 148 Å². The van der Waals surface area contributed by atoms with Gasteiger partial charge in [-0.15, -0.1) is 0 Å². The van der Waals surface area contributed by atoms with E-state index in [1.54, 1.807) is 0 Å². The lowest BCUT2D eigenvalue weighted by atomic mass is 9.92. The summed E-state index contributed by atoms with van der Waals surface area (Å²) in [4.78, 5) is 24.2. The number of rotatable bonds is 3. The second kappa shape index (κ2) is 7.41. The van der Waals surface area contributed by atoms with E-state index < -0.39 is 4.92 Å². The molecule has 3 rings (SSSR count). The van der Waals surface area contributed by atoms with E-state index in [4.69, 9.17) is 5.73 Å². The number of piperidine rings is 1. The first kappa shape index (κ1) is 17.7. The molecule has 0 radical (unpaired) electrons. The number of nitro groups is 1. The molecule has 2 unspecified atom stereocenters. The molecule has 2 atom stereocenters. The van der Waals surface area contributed by atoms with Gasteiger partial charge in [-0.25, -0.2) is 0 Å². The lowest BCUT2D eigenvalue weighted by Gasteiger charge is -2.35. The van der Waals surface area contributed by atoms with E-state index in [2.05, 4.69) is 28.7 Å². The van der Waals surface area contributed by atoms with Gasteiger partial charge in [-0.05, 0) is 31.1 Å². The quantitative estimate of drug-likeness (QED) is 0.662. The third kappa shape index (κ3) is 3.93. The van der Waals surface area contributed by atoms with Crippen molar-refractivity contribution in [2.45, 2.75) is 46.0 Å². The zero-order valence-electron chi connectivity index (χ0n) is 15.1. The Morgan fingerprint density at radius 2 is 1.64 bits per heavy atom. The summed E-state index contributed by atoms with van der Waals surface area (Å²) in [6, 6.07) is 0. The summed E-state index contributed by atoms with van der Waals surface area (Å²) in [5.74, 6) is 1.84. The summed E-state index contributed by atoms with van der Waals surface area (Å²) in [7, 11) is 0. The highest BCUT2D eigenvalue weighted by Gasteiger charge is 2.32. The fraction of sp³-hybridized carbons (Fsp3) is 0.765. The van der Waals surface area contributed by atoms with Crippen molar-refractivity contribution >= 4 is 23.3 Å². The van der Waals surface area contributed by atoms with Crippen LogP contribution in [0.2, 0.25) is 0 Å². The van der Waals surface area contributed by atoms with E-state index in [0.717, 1.165) is 45.4 Å². The minimum absolute atomic E-state index is 0.0277. The van der Waals surface area contributed by atoms with Crippen LogP contribution in [-0.2, 0) is 0 Å². The third-order valence-corrected chi connectivity index (χ3v) is 5.12. The van der Waals surface area contributed by atoms with E-state index in [0.29, 0.717) is 23.6 Å². The molecule has 8 heteroatoms. The standard InChI is InChI=1S/C17H28N6O2/c1-12-9-13(2)11-22(10-12)16-14(23(24)25)15(18)19-17(20-16)21-7-5-3-4-6-8-21/h12-13H,3-11H2,1-2H3,(H2,18,19,20). The van der Waals surface area contributed by atoms with Gasteiger partial charge in [-0.2, -0.15) is 9.97 Å². The maximum atomic E-state index is 11.6. The molecule has 0 amide bonds. The van der Waals surface area contributed by atoms with E-state index in [-0.39, 0.29) is 11.5 Å².